The average molecular weight is 218 g/mol. The summed E-state index contributed by atoms with van der Waals surface area (Å²) in [6.07, 6.45) is 3.49. The minimum absolute atomic E-state index is 0.474. The van der Waals surface area contributed by atoms with Crippen molar-refractivity contribution in [1.29, 1.82) is 0 Å². The summed E-state index contributed by atoms with van der Waals surface area (Å²) < 4.78 is 1.30. The fourth-order valence-electron chi connectivity index (χ4n) is 1.12. The van der Waals surface area contributed by atoms with Gasteiger partial charge in [0.15, 0.2) is 0 Å². The SMILES string of the molecule is [c]1c(C2=NNSC=C2)cnn2nnnc12. The van der Waals surface area contributed by atoms with Crippen LogP contribution >= 0.6 is 11.9 Å². The summed E-state index contributed by atoms with van der Waals surface area (Å²) in [7, 11) is 0. The van der Waals surface area contributed by atoms with Crippen molar-refractivity contribution in [3.63, 3.8) is 0 Å². The van der Waals surface area contributed by atoms with Crippen LogP contribution in [-0.4, -0.2) is 31.0 Å². The molecule has 73 valence electrons. The summed E-state index contributed by atoms with van der Waals surface area (Å²) in [5, 5.41) is 20.9. The summed E-state index contributed by atoms with van der Waals surface area (Å²) >= 11 is 1.40. The molecule has 0 amide bonds. The molecule has 3 rings (SSSR count). The number of hydrazone groups is 1. The Morgan fingerprint density at radius 2 is 2.47 bits per heavy atom. The van der Waals surface area contributed by atoms with Crippen LogP contribution in [0.4, 0.5) is 0 Å². The Morgan fingerprint density at radius 3 is 3.33 bits per heavy atom. The Morgan fingerprint density at radius 1 is 1.47 bits per heavy atom. The van der Waals surface area contributed by atoms with E-state index in [1.54, 1.807) is 6.20 Å². The quantitative estimate of drug-likeness (QED) is 0.667. The number of nitrogens with one attached hydrogen (secondary N) is 1. The van der Waals surface area contributed by atoms with Gasteiger partial charge >= 0.3 is 0 Å². The molecule has 0 spiro atoms. The van der Waals surface area contributed by atoms with E-state index in [0.29, 0.717) is 5.65 Å². The first-order valence-electron chi connectivity index (χ1n) is 4.05. The molecule has 0 aliphatic carbocycles. The van der Waals surface area contributed by atoms with Gasteiger partial charge in [-0.2, -0.15) is 10.2 Å². The molecular weight excluding hydrogens is 214 g/mol. The van der Waals surface area contributed by atoms with Gasteiger partial charge in [-0.3, -0.25) is 0 Å². The highest BCUT2D eigenvalue weighted by Gasteiger charge is 2.07. The van der Waals surface area contributed by atoms with Crippen molar-refractivity contribution in [2.24, 2.45) is 5.10 Å². The van der Waals surface area contributed by atoms with Gasteiger partial charge in [-0.15, -0.1) is 9.73 Å². The molecule has 3 heterocycles. The molecule has 8 heteroatoms. The molecule has 0 saturated carbocycles. The summed E-state index contributed by atoms with van der Waals surface area (Å²) in [4.78, 5) is 2.79. The zero-order valence-electron chi connectivity index (χ0n) is 7.32. The van der Waals surface area contributed by atoms with Gasteiger partial charge in [-0.1, -0.05) is 0 Å². The summed E-state index contributed by atoms with van der Waals surface area (Å²) in [5.74, 6) is 0. The maximum Gasteiger partial charge on any atom is 0.208 e. The van der Waals surface area contributed by atoms with Gasteiger partial charge in [0, 0.05) is 11.6 Å². The minimum Gasteiger partial charge on any atom is -0.247 e. The smallest absolute Gasteiger partial charge is 0.208 e. The molecule has 1 aliphatic rings. The summed E-state index contributed by atoms with van der Waals surface area (Å²) in [6, 6.07) is 3.01. The van der Waals surface area contributed by atoms with Crippen molar-refractivity contribution < 1.29 is 0 Å². The average Bonchev–Trinajstić information content (AvgIpc) is 2.77. The number of tetrazole rings is 1. The lowest BCUT2D eigenvalue weighted by molar-refractivity contribution is 0.732. The Hall–Kier alpha value is -1.96. The molecule has 0 fully saturated rings. The lowest BCUT2D eigenvalue weighted by atomic mass is 10.2. The molecule has 0 bridgehead atoms. The summed E-state index contributed by atoms with van der Waals surface area (Å²) in [5.41, 5.74) is 1.98. The van der Waals surface area contributed by atoms with Crippen molar-refractivity contribution in [2.45, 2.75) is 0 Å². The van der Waals surface area contributed by atoms with Crippen LogP contribution in [0.2, 0.25) is 0 Å². The van der Waals surface area contributed by atoms with E-state index in [1.165, 1.54) is 16.6 Å². The van der Waals surface area contributed by atoms with Crippen LogP contribution in [0.1, 0.15) is 5.56 Å². The molecule has 2 aromatic rings. The van der Waals surface area contributed by atoms with Crippen LogP contribution in [0.3, 0.4) is 0 Å². The number of allylic oxidation sites excluding steroid dienone is 1. The topological polar surface area (TPSA) is 80.4 Å². The lowest BCUT2D eigenvalue weighted by Crippen LogP contribution is -2.08. The largest absolute Gasteiger partial charge is 0.247 e. The van der Waals surface area contributed by atoms with E-state index >= 15 is 0 Å². The van der Waals surface area contributed by atoms with Crippen LogP contribution in [0.25, 0.3) is 5.65 Å². The number of hydrogen-bond acceptors (Lipinski definition) is 7. The Balaban J connectivity index is 2.10. The van der Waals surface area contributed by atoms with Crippen LogP contribution < -0.4 is 4.83 Å². The fourth-order valence-corrected chi connectivity index (χ4v) is 1.53. The standard InChI is InChI=1S/C7H4N7S/c1-2-15-13-9-6(1)5-3-7-10-11-12-14(7)8-4-5/h1-2,4,13H. The third-order valence-corrected chi connectivity index (χ3v) is 2.25. The van der Waals surface area contributed by atoms with E-state index in [4.69, 9.17) is 0 Å². The van der Waals surface area contributed by atoms with Crippen LogP contribution in [0.5, 0.6) is 0 Å². The third kappa shape index (κ3) is 1.44. The first-order valence-corrected chi connectivity index (χ1v) is 4.93. The zero-order chi connectivity index (χ0) is 10.1. The number of aromatic nitrogens is 5. The number of nitrogens with zero attached hydrogens (tertiary/aromatic N) is 6. The van der Waals surface area contributed by atoms with Crippen molar-refractivity contribution in [3.05, 3.63) is 29.3 Å². The normalized spacial score (nSPS) is 15.1. The molecule has 1 radical (unpaired) electrons. The highest BCUT2D eigenvalue weighted by molar-refractivity contribution is 8.00. The highest BCUT2D eigenvalue weighted by atomic mass is 32.2. The van der Waals surface area contributed by atoms with Gasteiger partial charge in [-0.05, 0) is 33.9 Å². The number of hydrogen-bond donors (Lipinski definition) is 1. The van der Waals surface area contributed by atoms with E-state index in [-0.39, 0.29) is 0 Å². The van der Waals surface area contributed by atoms with Crippen LogP contribution in [0, 0.1) is 6.07 Å². The van der Waals surface area contributed by atoms with E-state index in [0.717, 1.165) is 11.3 Å². The molecule has 1 N–H and O–H groups in total. The second-order valence-corrected chi connectivity index (χ2v) is 3.37. The number of rotatable bonds is 1. The first-order chi connectivity index (χ1) is 7.43. The van der Waals surface area contributed by atoms with E-state index in [2.05, 4.69) is 36.6 Å². The Labute approximate surface area is 88.4 Å². The molecule has 7 nitrogen and oxygen atoms in total. The van der Waals surface area contributed by atoms with E-state index in [1.807, 2.05) is 11.5 Å². The molecule has 2 aromatic heterocycles. The fraction of sp³-hybridized carbons (Fsp3) is 0. The summed E-state index contributed by atoms with van der Waals surface area (Å²) in [6.45, 7) is 0. The molecule has 0 unspecified atom stereocenters. The predicted octanol–water partition coefficient (Wildman–Crippen LogP) is -0.211. The number of fused-ring (bicyclic) bond motifs is 1. The molecule has 1 aliphatic heterocycles. The second kappa shape index (κ2) is 3.31. The highest BCUT2D eigenvalue weighted by Crippen LogP contribution is 2.09. The van der Waals surface area contributed by atoms with Crippen molar-refractivity contribution in [3.8, 4) is 0 Å². The van der Waals surface area contributed by atoms with E-state index in [9.17, 15) is 0 Å². The Kier molecular flexibility index (Phi) is 1.85. The van der Waals surface area contributed by atoms with Gasteiger partial charge in [0.25, 0.3) is 0 Å². The second-order valence-electron chi connectivity index (χ2n) is 2.68. The zero-order valence-corrected chi connectivity index (χ0v) is 8.14. The minimum atomic E-state index is 0.474. The van der Waals surface area contributed by atoms with Gasteiger partial charge < -0.3 is 0 Å². The molecule has 0 saturated heterocycles. The predicted molar refractivity (Wildman–Crippen MR) is 53.8 cm³/mol. The maximum atomic E-state index is 4.08. The van der Waals surface area contributed by atoms with Crippen molar-refractivity contribution >= 4 is 23.3 Å². The van der Waals surface area contributed by atoms with Crippen LogP contribution in [-0.2, 0) is 0 Å². The molecular formula is C7H4N7S. The monoisotopic (exact) mass is 218 g/mol. The lowest BCUT2D eigenvalue weighted by Gasteiger charge is -2.04. The van der Waals surface area contributed by atoms with Crippen molar-refractivity contribution in [2.75, 3.05) is 0 Å². The van der Waals surface area contributed by atoms with Gasteiger partial charge in [0.2, 0.25) is 5.65 Å². The van der Waals surface area contributed by atoms with Gasteiger partial charge in [0.1, 0.15) is 0 Å². The molecule has 0 aromatic carbocycles. The van der Waals surface area contributed by atoms with Crippen LogP contribution in [0.15, 0.2) is 22.8 Å². The third-order valence-electron chi connectivity index (χ3n) is 1.78. The maximum absolute atomic E-state index is 4.08. The molecule has 15 heavy (non-hydrogen) atoms. The van der Waals surface area contributed by atoms with Gasteiger partial charge in [-0.25, -0.2) is 4.83 Å². The first kappa shape index (κ1) is 8.36. The molecule has 0 atom stereocenters. The van der Waals surface area contributed by atoms with Crippen molar-refractivity contribution in [1.82, 2.24) is 30.1 Å². The Bertz CT molecular complexity index is 557. The van der Waals surface area contributed by atoms with E-state index < -0.39 is 0 Å². The van der Waals surface area contributed by atoms with Gasteiger partial charge in [0.05, 0.1) is 11.9 Å².